The zero-order valence-corrected chi connectivity index (χ0v) is 11.3. The third-order valence-electron chi connectivity index (χ3n) is 2.70. The number of hydrogen-bond donors (Lipinski definition) is 2. The topological polar surface area (TPSA) is 72.9 Å². The highest BCUT2D eigenvalue weighted by molar-refractivity contribution is 6.04. The normalized spacial score (nSPS) is 9.70. The smallest absolute Gasteiger partial charge is 0.255 e. The maximum absolute atomic E-state index is 12.0. The molecule has 5 nitrogen and oxygen atoms in total. The molecule has 1 heterocycles. The summed E-state index contributed by atoms with van der Waals surface area (Å²) in [5, 5.41) is 6.90. The van der Waals surface area contributed by atoms with Crippen molar-refractivity contribution in [2.24, 2.45) is 5.73 Å². The Hall–Kier alpha value is -2.58. The van der Waals surface area contributed by atoms with E-state index in [1.165, 1.54) is 0 Å². The molecule has 0 radical (unpaired) electrons. The number of amides is 1. The second-order valence-corrected chi connectivity index (χ2v) is 4.12. The molecule has 0 aliphatic carbocycles. The molecule has 0 aliphatic heterocycles. The van der Waals surface area contributed by atoms with Crippen molar-refractivity contribution in [1.29, 1.82) is 0 Å². The fraction of sp³-hybridized carbons (Fsp3) is 0.200. The van der Waals surface area contributed by atoms with Crippen LogP contribution in [0.1, 0.15) is 22.8 Å². The van der Waals surface area contributed by atoms with Gasteiger partial charge in [0.05, 0.1) is 18.4 Å². The summed E-state index contributed by atoms with van der Waals surface area (Å²) >= 11 is 0. The molecule has 1 aromatic carbocycles. The van der Waals surface area contributed by atoms with Crippen LogP contribution in [0.15, 0.2) is 36.7 Å². The van der Waals surface area contributed by atoms with E-state index in [1.807, 2.05) is 6.92 Å². The second-order valence-electron chi connectivity index (χ2n) is 4.12. The molecule has 1 amide bonds. The minimum atomic E-state index is -0.168. The van der Waals surface area contributed by atoms with Gasteiger partial charge in [-0.25, -0.2) is 0 Å². The van der Waals surface area contributed by atoms with Gasteiger partial charge in [-0.15, -0.1) is 0 Å². The van der Waals surface area contributed by atoms with Crippen LogP contribution >= 0.6 is 0 Å². The Morgan fingerprint density at radius 1 is 1.40 bits per heavy atom. The third kappa shape index (κ3) is 3.46. The first kappa shape index (κ1) is 13.8. The third-order valence-corrected chi connectivity index (χ3v) is 2.70. The number of anilines is 1. The average Bonchev–Trinajstić information content (AvgIpc) is 2.93. The van der Waals surface area contributed by atoms with Gasteiger partial charge in [-0.2, -0.15) is 5.10 Å². The van der Waals surface area contributed by atoms with E-state index in [0.29, 0.717) is 17.8 Å². The summed E-state index contributed by atoms with van der Waals surface area (Å²) in [5.74, 6) is 5.51. The van der Waals surface area contributed by atoms with Gasteiger partial charge in [0.2, 0.25) is 0 Å². The average molecular weight is 268 g/mol. The molecule has 0 spiro atoms. The van der Waals surface area contributed by atoms with Crippen molar-refractivity contribution in [3.8, 4) is 11.8 Å². The van der Waals surface area contributed by atoms with Crippen LogP contribution in [0.25, 0.3) is 0 Å². The van der Waals surface area contributed by atoms with E-state index >= 15 is 0 Å². The van der Waals surface area contributed by atoms with Crippen molar-refractivity contribution >= 4 is 11.6 Å². The summed E-state index contributed by atoms with van der Waals surface area (Å²) in [6, 6.07) is 7.07. The first-order valence-electron chi connectivity index (χ1n) is 6.35. The fourth-order valence-corrected chi connectivity index (χ4v) is 1.66. The van der Waals surface area contributed by atoms with Gasteiger partial charge in [-0.3, -0.25) is 9.48 Å². The molecule has 0 fully saturated rings. The Labute approximate surface area is 117 Å². The molecule has 0 aliphatic rings. The Morgan fingerprint density at radius 3 is 2.75 bits per heavy atom. The molecule has 0 unspecified atom stereocenters. The van der Waals surface area contributed by atoms with Crippen molar-refractivity contribution in [2.45, 2.75) is 13.5 Å². The molecule has 1 aromatic heterocycles. The summed E-state index contributed by atoms with van der Waals surface area (Å²) in [5.41, 5.74) is 7.41. The minimum Gasteiger partial charge on any atom is -0.320 e. The van der Waals surface area contributed by atoms with Crippen LogP contribution < -0.4 is 11.1 Å². The van der Waals surface area contributed by atoms with Crippen LogP contribution in [-0.4, -0.2) is 22.2 Å². The minimum absolute atomic E-state index is 0.168. The SMILES string of the molecule is CCn1cc(NC(=O)c2ccc(C#CCN)cc2)cn1. The number of aromatic nitrogens is 2. The van der Waals surface area contributed by atoms with Gasteiger partial charge in [0.15, 0.2) is 0 Å². The molecule has 2 rings (SSSR count). The molecule has 0 saturated heterocycles. The summed E-state index contributed by atoms with van der Waals surface area (Å²) in [4.78, 5) is 12.0. The van der Waals surface area contributed by atoms with E-state index < -0.39 is 0 Å². The Balaban J connectivity index is 2.05. The predicted molar refractivity (Wildman–Crippen MR) is 78.2 cm³/mol. The number of rotatable bonds is 3. The van der Waals surface area contributed by atoms with Crippen molar-refractivity contribution in [2.75, 3.05) is 11.9 Å². The van der Waals surface area contributed by atoms with E-state index in [2.05, 4.69) is 22.3 Å². The molecular formula is C15H16N4O. The van der Waals surface area contributed by atoms with Gasteiger partial charge in [-0.1, -0.05) is 11.8 Å². The van der Waals surface area contributed by atoms with Gasteiger partial charge < -0.3 is 11.1 Å². The number of carbonyl (C=O) groups excluding carboxylic acids is 1. The second kappa shape index (κ2) is 6.55. The molecule has 102 valence electrons. The number of nitrogens with zero attached hydrogens (tertiary/aromatic N) is 2. The van der Waals surface area contributed by atoms with Gasteiger partial charge in [0, 0.05) is 23.9 Å². The zero-order valence-electron chi connectivity index (χ0n) is 11.3. The van der Waals surface area contributed by atoms with E-state index in [9.17, 15) is 4.79 Å². The maximum atomic E-state index is 12.0. The quantitative estimate of drug-likeness (QED) is 0.828. The number of nitrogens with two attached hydrogens (primary N) is 1. The first-order valence-corrected chi connectivity index (χ1v) is 6.35. The summed E-state index contributed by atoms with van der Waals surface area (Å²) in [6.45, 7) is 3.08. The molecular weight excluding hydrogens is 252 g/mol. The standard InChI is InChI=1S/C15H16N4O/c1-2-19-11-14(10-17-19)18-15(20)13-7-5-12(6-8-13)4-3-9-16/h5-8,10-11H,2,9,16H2,1H3,(H,18,20). The van der Waals surface area contributed by atoms with E-state index in [4.69, 9.17) is 5.73 Å². The Morgan fingerprint density at radius 2 is 2.15 bits per heavy atom. The molecule has 0 saturated carbocycles. The molecule has 2 aromatic rings. The number of benzene rings is 1. The van der Waals surface area contributed by atoms with E-state index in [0.717, 1.165) is 12.1 Å². The maximum Gasteiger partial charge on any atom is 0.255 e. The highest BCUT2D eigenvalue weighted by atomic mass is 16.1. The van der Waals surface area contributed by atoms with Gasteiger partial charge >= 0.3 is 0 Å². The van der Waals surface area contributed by atoms with E-state index in [1.54, 1.807) is 41.3 Å². The lowest BCUT2D eigenvalue weighted by Crippen LogP contribution is -2.11. The summed E-state index contributed by atoms with van der Waals surface area (Å²) in [6.07, 6.45) is 3.42. The molecule has 5 heteroatoms. The molecule has 3 N–H and O–H groups in total. The van der Waals surface area contributed by atoms with Gasteiger partial charge in [0.25, 0.3) is 5.91 Å². The van der Waals surface area contributed by atoms with E-state index in [-0.39, 0.29) is 5.91 Å². The highest BCUT2D eigenvalue weighted by Crippen LogP contribution is 2.09. The number of carbonyl (C=O) groups is 1. The number of nitrogens with one attached hydrogen (secondary N) is 1. The Kier molecular flexibility index (Phi) is 4.53. The van der Waals surface area contributed by atoms with Crippen LogP contribution in [0.4, 0.5) is 5.69 Å². The fourth-order valence-electron chi connectivity index (χ4n) is 1.66. The van der Waals surface area contributed by atoms with Crippen LogP contribution in [0.5, 0.6) is 0 Å². The summed E-state index contributed by atoms with van der Waals surface area (Å²) < 4.78 is 1.75. The first-order chi connectivity index (χ1) is 9.72. The largest absolute Gasteiger partial charge is 0.320 e. The monoisotopic (exact) mass is 268 g/mol. The van der Waals surface area contributed by atoms with Gasteiger partial charge in [-0.05, 0) is 31.2 Å². The summed E-state index contributed by atoms with van der Waals surface area (Å²) in [7, 11) is 0. The van der Waals surface area contributed by atoms with Crippen molar-refractivity contribution < 1.29 is 4.79 Å². The van der Waals surface area contributed by atoms with Crippen LogP contribution in [-0.2, 0) is 6.54 Å². The molecule has 20 heavy (non-hydrogen) atoms. The zero-order chi connectivity index (χ0) is 14.4. The van der Waals surface area contributed by atoms with Crippen LogP contribution in [0, 0.1) is 11.8 Å². The lowest BCUT2D eigenvalue weighted by atomic mass is 10.1. The van der Waals surface area contributed by atoms with Crippen LogP contribution in [0.2, 0.25) is 0 Å². The number of aryl methyl sites for hydroxylation is 1. The van der Waals surface area contributed by atoms with Crippen molar-refractivity contribution in [1.82, 2.24) is 9.78 Å². The van der Waals surface area contributed by atoms with Gasteiger partial charge in [0.1, 0.15) is 0 Å². The highest BCUT2D eigenvalue weighted by Gasteiger charge is 2.06. The predicted octanol–water partition coefficient (Wildman–Crippen LogP) is 1.47. The Bertz CT molecular complexity index is 647. The lowest BCUT2D eigenvalue weighted by Gasteiger charge is -2.02. The number of hydrogen-bond acceptors (Lipinski definition) is 3. The lowest BCUT2D eigenvalue weighted by molar-refractivity contribution is 0.102. The van der Waals surface area contributed by atoms with Crippen molar-refractivity contribution in [3.63, 3.8) is 0 Å². The molecule has 0 bridgehead atoms. The van der Waals surface area contributed by atoms with Crippen molar-refractivity contribution in [3.05, 3.63) is 47.8 Å². The molecule has 0 atom stereocenters. The van der Waals surface area contributed by atoms with Crippen LogP contribution in [0.3, 0.4) is 0 Å².